The number of carbonyl (C=O) groups is 1. The quantitative estimate of drug-likeness (QED) is 0.301. The van der Waals surface area contributed by atoms with E-state index in [2.05, 4.69) is 4.72 Å². The van der Waals surface area contributed by atoms with Crippen molar-refractivity contribution >= 4 is 31.8 Å². The van der Waals surface area contributed by atoms with Crippen LogP contribution in [0.1, 0.15) is 53.6 Å². The highest BCUT2D eigenvalue weighted by Crippen LogP contribution is 2.42. The third-order valence-electron chi connectivity index (χ3n) is 8.25. The van der Waals surface area contributed by atoms with Gasteiger partial charge in [-0.25, -0.2) is 16.8 Å². The fraction of sp³-hybridized carbons (Fsp3) is 0.517. The zero-order valence-electron chi connectivity index (χ0n) is 25.1. The number of rotatable bonds is 8. The van der Waals surface area contributed by atoms with Crippen molar-refractivity contribution in [2.24, 2.45) is 5.73 Å². The molecule has 0 aliphatic carbocycles. The second-order valence-corrected chi connectivity index (χ2v) is 15.5. The van der Waals surface area contributed by atoms with Crippen molar-refractivity contribution in [1.29, 1.82) is 5.41 Å². The van der Waals surface area contributed by atoms with Gasteiger partial charge in [-0.3, -0.25) is 10.2 Å². The van der Waals surface area contributed by atoms with Gasteiger partial charge in [-0.2, -0.15) is 9.03 Å². The van der Waals surface area contributed by atoms with Gasteiger partial charge in [-0.05, 0) is 81.7 Å². The minimum Gasteiger partial charge on any atom is -0.487 e. The van der Waals surface area contributed by atoms with Gasteiger partial charge in [-0.1, -0.05) is 24.3 Å². The Labute approximate surface area is 249 Å². The minimum absolute atomic E-state index is 0.0574. The van der Waals surface area contributed by atoms with E-state index in [9.17, 15) is 21.6 Å². The van der Waals surface area contributed by atoms with Crippen molar-refractivity contribution in [3.63, 3.8) is 0 Å². The molecule has 0 bridgehead atoms. The van der Waals surface area contributed by atoms with Crippen LogP contribution in [0.2, 0.25) is 0 Å². The number of benzene rings is 2. The third kappa shape index (κ3) is 6.64. The highest BCUT2D eigenvalue weighted by molar-refractivity contribution is 7.89. The normalized spacial score (nSPS) is 18.2. The van der Waals surface area contributed by atoms with Crippen molar-refractivity contribution in [3.05, 3.63) is 57.6 Å². The van der Waals surface area contributed by atoms with Gasteiger partial charge in [0.1, 0.15) is 23.2 Å². The van der Waals surface area contributed by atoms with E-state index in [4.69, 9.17) is 15.9 Å². The summed E-state index contributed by atoms with van der Waals surface area (Å²) in [6.07, 6.45) is 2.60. The molecule has 42 heavy (non-hydrogen) atoms. The van der Waals surface area contributed by atoms with Gasteiger partial charge < -0.3 is 15.4 Å². The number of ether oxygens (including phenoxy) is 1. The largest absolute Gasteiger partial charge is 0.487 e. The van der Waals surface area contributed by atoms with Gasteiger partial charge in [-0.15, -0.1) is 0 Å². The molecule has 2 aliphatic rings. The van der Waals surface area contributed by atoms with E-state index < -0.39 is 32.0 Å². The first-order valence-corrected chi connectivity index (χ1v) is 17.3. The summed E-state index contributed by atoms with van der Waals surface area (Å²) in [5, 5.41) is 7.64. The molecule has 1 atom stereocenters. The van der Waals surface area contributed by atoms with Crippen LogP contribution in [0, 0.1) is 26.2 Å². The van der Waals surface area contributed by atoms with Gasteiger partial charge in [0, 0.05) is 31.7 Å². The zero-order chi connectivity index (χ0) is 31.2. The highest BCUT2D eigenvalue weighted by Gasteiger charge is 2.37. The number of amidine groups is 1. The summed E-state index contributed by atoms with van der Waals surface area (Å²) >= 11 is 0. The summed E-state index contributed by atoms with van der Waals surface area (Å²) in [4.78, 5) is 15.5. The molecular weight excluding hydrogens is 578 g/mol. The zero-order valence-corrected chi connectivity index (χ0v) is 26.7. The molecule has 2 heterocycles. The SMILES string of the molecule is Cc1c(C)c(S(=O)(=O)NC(Cc2ccc(C(=N)N)cc2)C(=O)N2CCN(S(C)(=O)=O)CC2)c(C)c2c1OC(C)(C)CC2. The summed E-state index contributed by atoms with van der Waals surface area (Å²) in [6.45, 7) is 9.99. The van der Waals surface area contributed by atoms with E-state index >= 15 is 0 Å². The van der Waals surface area contributed by atoms with E-state index in [0.717, 1.165) is 29.6 Å². The van der Waals surface area contributed by atoms with Crippen LogP contribution < -0.4 is 15.2 Å². The highest BCUT2D eigenvalue weighted by atomic mass is 32.2. The van der Waals surface area contributed by atoms with Crippen LogP contribution in [0.4, 0.5) is 0 Å². The maximum Gasteiger partial charge on any atom is 0.241 e. The number of nitrogens with zero attached hydrogens (tertiary/aromatic N) is 2. The topological polar surface area (TPSA) is 163 Å². The Morgan fingerprint density at radius 2 is 1.62 bits per heavy atom. The predicted octanol–water partition coefficient (Wildman–Crippen LogP) is 1.99. The maximum atomic E-state index is 14.1. The molecule has 13 heteroatoms. The number of hydrogen-bond acceptors (Lipinski definition) is 7. The number of amides is 1. The molecule has 0 spiro atoms. The van der Waals surface area contributed by atoms with E-state index in [1.165, 1.54) is 9.21 Å². The Bertz CT molecular complexity index is 1610. The smallest absolute Gasteiger partial charge is 0.241 e. The third-order valence-corrected chi connectivity index (χ3v) is 11.3. The van der Waals surface area contributed by atoms with Gasteiger partial charge in [0.2, 0.25) is 26.0 Å². The fourth-order valence-corrected chi connectivity index (χ4v) is 8.28. The average Bonchev–Trinajstić information content (AvgIpc) is 2.90. The summed E-state index contributed by atoms with van der Waals surface area (Å²) in [7, 11) is -7.58. The van der Waals surface area contributed by atoms with Crippen molar-refractivity contribution < 1.29 is 26.4 Å². The molecule has 0 radical (unpaired) electrons. The second kappa shape index (κ2) is 11.6. The Morgan fingerprint density at radius 3 is 2.17 bits per heavy atom. The van der Waals surface area contributed by atoms with Crippen LogP contribution in [0.3, 0.4) is 0 Å². The number of nitrogen functional groups attached to an aromatic ring is 1. The monoisotopic (exact) mass is 619 g/mol. The molecule has 1 saturated heterocycles. The summed E-state index contributed by atoms with van der Waals surface area (Å²) < 4.78 is 62.5. The summed E-state index contributed by atoms with van der Waals surface area (Å²) in [5.41, 5.74) is 9.20. The molecule has 0 aromatic heterocycles. The van der Waals surface area contributed by atoms with E-state index in [1.807, 2.05) is 20.8 Å². The van der Waals surface area contributed by atoms with Gasteiger partial charge in [0.15, 0.2) is 0 Å². The molecule has 2 aromatic rings. The van der Waals surface area contributed by atoms with Crippen molar-refractivity contribution in [2.75, 3.05) is 32.4 Å². The molecule has 2 aromatic carbocycles. The lowest BCUT2D eigenvalue weighted by Crippen LogP contribution is -2.56. The van der Waals surface area contributed by atoms with Crippen molar-refractivity contribution in [3.8, 4) is 5.75 Å². The van der Waals surface area contributed by atoms with Crippen molar-refractivity contribution in [2.45, 2.75) is 70.4 Å². The van der Waals surface area contributed by atoms with Crippen LogP contribution in [0.15, 0.2) is 29.2 Å². The predicted molar refractivity (Wildman–Crippen MR) is 162 cm³/mol. The summed E-state index contributed by atoms with van der Waals surface area (Å²) in [5.74, 6) is 0.194. The number of sulfonamides is 2. The molecule has 1 amide bonds. The molecule has 4 rings (SSSR count). The first-order chi connectivity index (χ1) is 19.4. The van der Waals surface area contributed by atoms with Crippen LogP contribution in [0.5, 0.6) is 5.75 Å². The van der Waals surface area contributed by atoms with Gasteiger partial charge >= 0.3 is 0 Å². The number of carbonyl (C=O) groups excluding carboxylic acids is 1. The molecule has 0 saturated carbocycles. The molecule has 230 valence electrons. The minimum atomic E-state index is -4.18. The lowest BCUT2D eigenvalue weighted by atomic mass is 9.88. The summed E-state index contributed by atoms with van der Waals surface area (Å²) in [6, 6.07) is 5.59. The maximum absolute atomic E-state index is 14.1. The molecule has 2 aliphatic heterocycles. The Balaban J connectivity index is 1.69. The van der Waals surface area contributed by atoms with E-state index in [-0.39, 0.29) is 48.9 Å². The number of piperazine rings is 1. The molecule has 11 nitrogen and oxygen atoms in total. The molecule has 1 fully saturated rings. The number of fused-ring (bicyclic) bond motifs is 1. The first kappa shape index (κ1) is 31.9. The van der Waals surface area contributed by atoms with E-state index in [0.29, 0.717) is 28.7 Å². The lowest BCUT2D eigenvalue weighted by molar-refractivity contribution is -0.134. The molecular formula is C29H41N5O6S2. The average molecular weight is 620 g/mol. The second-order valence-electron chi connectivity index (χ2n) is 11.8. The Kier molecular flexibility index (Phi) is 8.81. The lowest BCUT2D eigenvalue weighted by Gasteiger charge is -2.36. The van der Waals surface area contributed by atoms with E-state index in [1.54, 1.807) is 38.1 Å². The van der Waals surface area contributed by atoms with Crippen LogP contribution in [0.25, 0.3) is 0 Å². The van der Waals surface area contributed by atoms with Gasteiger partial charge in [0.05, 0.1) is 11.2 Å². The first-order valence-electron chi connectivity index (χ1n) is 13.9. The number of nitrogens with one attached hydrogen (secondary N) is 2. The van der Waals surface area contributed by atoms with Crippen LogP contribution >= 0.6 is 0 Å². The Hall–Kier alpha value is -3.00. The number of hydrogen-bond donors (Lipinski definition) is 3. The van der Waals surface area contributed by atoms with Gasteiger partial charge in [0.25, 0.3) is 0 Å². The Morgan fingerprint density at radius 1 is 1.02 bits per heavy atom. The number of nitrogens with two attached hydrogens (primary N) is 1. The van der Waals surface area contributed by atoms with Crippen molar-refractivity contribution in [1.82, 2.24) is 13.9 Å². The molecule has 4 N–H and O–H groups in total. The van der Waals surface area contributed by atoms with Crippen LogP contribution in [-0.4, -0.2) is 81.9 Å². The fourth-order valence-electron chi connectivity index (χ4n) is 5.69. The molecule has 1 unspecified atom stereocenters. The standard InChI is InChI=1S/C29H41N5O6S2/c1-18-19(2)26(20(3)23-11-12-29(4,5)40-25(18)23)42(38,39)32-24(17-21-7-9-22(10-8-21)27(30)31)28(35)33-13-15-34(16-14-33)41(6,36)37/h7-10,24,32H,11-17H2,1-6H3,(H3,30,31). The van der Waals surface area contributed by atoms with Crippen LogP contribution in [-0.2, 0) is 37.7 Å².